The molecule has 0 aliphatic heterocycles. The van der Waals surface area contributed by atoms with E-state index in [2.05, 4.69) is 0 Å². The van der Waals surface area contributed by atoms with E-state index in [0.29, 0.717) is 22.8 Å². The molecular weight excluding hydrogens is 224 g/mol. The van der Waals surface area contributed by atoms with Crippen LogP contribution >= 0.6 is 0 Å². The van der Waals surface area contributed by atoms with Crippen LogP contribution in [0.2, 0.25) is 0 Å². The van der Waals surface area contributed by atoms with Gasteiger partial charge in [-0.05, 0) is 6.08 Å². The Balaban J connectivity index is 3.29. The maximum absolute atomic E-state index is 10.5. The first-order chi connectivity index (χ1) is 8.12. The van der Waals surface area contributed by atoms with Crippen LogP contribution < -0.4 is 14.2 Å². The van der Waals surface area contributed by atoms with E-state index < -0.39 is 5.97 Å². The first kappa shape index (κ1) is 12.9. The van der Waals surface area contributed by atoms with Gasteiger partial charge in [0.25, 0.3) is 0 Å². The van der Waals surface area contributed by atoms with E-state index in [1.165, 1.54) is 27.4 Å². The SMILES string of the molecule is COc1cc(OC)c(C=CC(=O)O)c(OC)c1. The van der Waals surface area contributed by atoms with Crippen molar-refractivity contribution in [2.45, 2.75) is 0 Å². The zero-order valence-corrected chi connectivity index (χ0v) is 9.89. The summed E-state index contributed by atoms with van der Waals surface area (Å²) in [4.78, 5) is 10.5. The second-order valence-electron chi connectivity index (χ2n) is 3.12. The third-order valence-electron chi connectivity index (χ3n) is 2.15. The molecule has 0 aromatic heterocycles. The minimum Gasteiger partial charge on any atom is -0.496 e. The molecule has 0 spiro atoms. The van der Waals surface area contributed by atoms with E-state index >= 15 is 0 Å². The van der Waals surface area contributed by atoms with E-state index in [-0.39, 0.29) is 0 Å². The van der Waals surface area contributed by atoms with Gasteiger partial charge in [0.05, 0.1) is 26.9 Å². The van der Waals surface area contributed by atoms with Gasteiger partial charge in [0, 0.05) is 18.2 Å². The molecule has 0 radical (unpaired) electrons. The molecule has 0 bridgehead atoms. The van der Waals surface area contributed by atoms with E-state index in [1.54, 1.807) is 12.1 Å². The van der Waals surface area contributed by atoms with Crippen LogP contribution in [0.25, 0.3) is 6.08 Å². The Morgan fingerprint density at radius 3 is 2.00 bits per heavy atom. The fourth-order valence-electron chi connectivity index (χ4n) is 1.35. The van der Waals surface area contributed by atoms with E-state index in [9.17, 15) is 4.79 Å². The molecule has 0 heterocycles. The minimum absolute atomic E-state index is 0.485. The molecule has 0 aliphatic carbocycles. The highest BCUT2D eigenvalue weighted by Gasteiger charge is 2.10. The van der Waals surface area contributed by atoms with E-state index in [4.69, 9.17) is 19.3 Å². The zero-order valence-electron chi connectivity index (χ0n) is 9.89. The van der Waals surface area contributed by atoms with Crippen LogP contribution in [-0.4, -0.2) is 32.4 Å². The van der Waals surface area contributed by atoms with Crippen LogP contribution in [0.1, 0.15) is 5.56 Å². The van der Waals surface area contributed by atoms with Crippen molar-refractivity contribution in [1.29, 1.82) is 0 Å². The van der Waals surface area contributed by atoms with Crippen molar-refractivity contribution in [3.05, 3.63) is 23.8 Å². The molecular formula is C12H14O5. The lowest BCUT2D eigenvalue weighted by molar-refractivity contribution is -0.131. The number of benzene rings is 1. The number of aliphatic carboxylic acids is 1. The molecule has 5 nitrogen and oxygen atoms in total. The summed E-state index contributed by atoms with van der Waals surface area (Å²) in [5.41, 5.74) is 0.554. The number of hydrogen-bond donors (Lipinski definition) is 1. The molecule has 0 saturated heterocycles. The molecule has 0 aliphatic rings. The summed E-state index contributed by atoms with van der Waals surface area (Å²) >= 11 is 0. The molecule has 0 atom stereocenters. The van der Waals surface area contributed by atoms with Crippen LogP contribution in [0, 0.1) is 0 Å². The van der Waals surface area contributed by atoms with Crippen LogP contribution in [0.4, 0.5) is 0 Å². The van der Waals surface area contributed by atoms with Crippen LogP contribution in [0.15, 0.2) is 18.2 Å². The highest BCUT2D eigenvalue weighted by molar-refractivity contribution is 5.87. The molecule has 1 aromatic rings. The summed E-state index contributed by atoms with van der Waals surface area (Å²) in [5, 5.41) is 8.61. The Labute approximate surface area is 99.2 Å². The molecule has 92 valence electrons. The lowest BCUT2D eigenvalue weighted by Gasteiger charge is -2.12. The zero-order chi connectivity index (χ0) is 12.8. The average molecular weight is 238 g/mol. The number of hydrogen-bond acceptors (Lipinski definition) is 4. The second kappa shape index (κ2) is 5.79. The van der Waals surface area contributed by atoms with Crippen molar-refractivity contribution in [3.8, 4) is 17.2 Å². The molecule has 5 heteroatoms. The third kappa shape index (κ3) is 3.14. The Kier molecular flexibility index (Phi) is 4.39. The van der Waals surface area contributed by atoms with Crippen molar-refractivity contribution in [2.75, 3.05) is 21.3 Å². The molecule has 0 saturated carbocycles. The number of carbonyl (C=O) groups is 1. The summed E-state index contributed by atoms with van der Waals surface area (Å²) in [7, 11) is 4.51. The van der Waals surface area contributed by atoms with Gasteiger partial charge in [0.15, 0.2) is 0 Å². The summed E-state index contributed by atoms with van der Waals surface area (Å²) in [6.45, 7) is 0. The topological polar surface area (TPSA) is 65.0 Å². The Morgan fingerprint density at radius 1 is 1.12 bits per heavy atom. The van der Waals surface area contributed by atoms with E-state index in [0.717, 1.165) is 6.08 Å². The van der Waals surface area contributed by atoms with Gasteiger partial charge in [-0.2, -0.15) is 0 Å². The minimum atomic E-state index is -1.04. The quantitative estimate of drug-likeness (QED) is 0.792. The van der Waals surface area contributed by atoms with Crippen molar-refractivity contribution in [3.63, 3.8) is 0 Å². The predicted octanol–water partition coefficient (Wildman–Crippen LogP) is 1.81. The first-order valence-corrected chi connectivity index (χ1v) is 4.83. The third-order valence-corrected chi connectivity index (χ3v) is 2.15. The molecule has 1 N–H and O–H groups in total. The Bertz CT molecular complexity index is 412. The monoisotopic (exact) mass is 238 g/mol. The van der Waals surface area contributed by atoms with Gasteiger partial charge in [0.2, 0.25) is 0 Å². The van der Waals surface area contributed by atoms with Gasteiger partial charge >= 0.3 is 5.97 Å². The highest BCUT2D eigenvalue weighted by Crippen LogP contribution is 2.34. The molecule has 1 rings (SSSR count). The average Bonchev–Trinajstić information content (AvgIpc) is 2.34. The lowest BCUT2D eigenvalue weighted by atomic mass is 10.1. The van der Waals surface area contributed by atoms with Gasteiger partial charge in [0.1, 0.15) is 17.2 Å². The van der Waals surface area contributed by atoms with Crippen LogP contribution in [-0.2, 0) is 4.79 Å². The number of carboxylic acid groups (broad SMARTS) is 1. The second-order valence-corrected chi connectivity index (χ2v) is 3.12. The van der Waals surface area contributed by atoms with Gasteiger partial charge in [-0.1, -0.05) is 0 Å². The summed E-state index contributed by atoms with van der Waals surface area (Å²) in [6, 6.07) is 3.31. The van der Waals surface area contributed by atoms with Crippen LogP contribution in [0.5, 0.6) is 17.2 Å². The first-order valence-electron chi connectivity index (χ1n) is 4.83. The standard InChI is InChI=1S/C12H14O5/c1-15-8-6-10(16-2)9(4-5-12(13)14)11(7-8)17-3/h4-7H,1-3H3,(H,13,14). The molecule has 1 aromatic carbocycles. The molecule has 17 heavy (non-hydrogen) atoms. The fourth-order valence-corrected chi connectivity index (χ4v) is 1.35. The highest BCUT2D eigenvalue weighted by atomic mass is 16.5. The molecule has 0 amide bonds. The summed E-state index contributed by atoms with van der Waals surface area (Å²) < 4.78 is 15.4. The number of carboxylic acids is 1. The molecule has 0 fully saturated rings. The van der Waals surface area contributed by atoms with Gasteiger partial charge in [-0.3, -0.25) is 0 Å². The van der Waals surface area contributed by atoms with Gasteiger partial charge in [-0.25, -0.2) is 4.79 Å². The van der Waals surface area contributed by atoms with Gasteiger partial charge in [-0.15, -0.1) is 0 Å². The number of rotatable bonds is 5. The van der Waals surface area contributed by atoms with Gasteiger partial charge < -0.3 is 19.3 Å². The Hall–Kier alpha value is -2.17. The smallest absolute Gasteiger partial charge is 0.328 e. The lowest BCUT2D eigenvalue weighted by Crippen LogP contribution is -1.95. The number of ether oxygens (including phenoxy) is 3. The summed E-state index contributed by atoms with van der Waals surface area (Å²) in [6.07, 6.45) is 2.44. The van der Waals surface area contributed by atoms with E-state index in [1.807, 2.05) is 0 Å². The normalized spacial score (nSPS) is 10.3. The van der Waals surface area contributed by atoms with Crippen LogP contribution in [0.3, 0.4) is 0 Å². The van der Waals surface area contributed by atoms with Crippen molar-refractivity contribution in [2.24, 2.45) is 0 Å². The predicted molar refractivity (Wildman–Crippen MR) is 62.8 cm³/mol. The van der Waals surface area contributed by atoms with Crippen molar-refractivity contribution >= 4 is 12.0 Å². The fraction of sp³-hybridized carbons (Fsp3) is 0.250. The van der Waals surface area contributed by atoms with Crippen molar-refractivity contribution < 1.29 is 24.1 Å². The maximum atomic E-state index is 10.5. The Morgan fingerprint density at radius 2 is 1.65 bits per heavy atom. The van der Waals surface area contributed by atoms with Crippen molar-refractivity contribution in [1.82, 2.24) is 0 Å². The largest absolute Gasteiger partial charge is 0.496 e. The summed E-state index contributed by atoms with van der Waals surface area (Å²) in [5.74, 6) is 0.508. The number of methoxy groups -OCH3 is 3. The maximum Gasteiger partial charge on any atom is 0.328 e. The molecule has 0 unspecified atom stereocenters.